The van der Waals surface area contributed by atoms with E-state index in [9.17, 15) is 0 Å². The Labute approximate surface area is 312 Å². The summed E-state index contributed by atoms with van der Waals surface area (Å²) in [6.45, 7) is 4.92. The van der Waals surface area contributed by atoms with Crippen LogP contribution in [0.2, 0.25) is 13.1 Å². The second-order valence-corrected chi connectivity index (χ2v) is 19.9. The summed E-state index contributed by atoms with van der Waals surface area (Å²) >= 11 is 1.87. The molecule has 0 aliphatic carbocycles. The van der Waals surface area contributed by atoms with Crippen LogP contribution in [0.15, 0.2) is 164 Å². The van der Waals surface area contributed by atoms with Gasteiger partial charge in [-0.3, -0.25) is 0 Å². The molecule has 1 aliphatic heterocycles. The Kier molecular flexibility index (Phi) is 6.57. The summed E-state index contributed by atoms with van der Waals surface area (Å²) in [5, 5.41) is 7.88. The summed E-state index contributed by atoms with van der Waals surface area (Å²) in [5.41, 5.74) is 11.5. The van der Waals surface area contributed by atoms with Gasteiger partial charge in [-0.15, -0.1) is 11.3 Å². The molecule has 0 bridgehead atoms. The van der Waals surface area contributed by atoms with Crippen LogP contribution in [0.3, 0.4) is 0 Å². The van der Waals surface area contributed by atoms with Crippen molar-refractivity contribution >= 4 is 71.8 Å². The Morgan fingerprint density at radius 3 is 1.85 bits per heavy atom. The second-order valence-electron chi connectivity index (χ2n) is 14.6. The summed E-state index contributed by atoms with van der Waals surface area (Å²) in [4.78, 5) is 11.0. The van der Waals surface area contributed by atoms with Crippen molar-refractivity contribution in [2.45, 2.75) is 13.1 Å². The highest BCUT2D eigenvalue weighted by molar-refractivity contribution is 7.26. The first-order valence-electron chi connectivity index (χ1n) is 18.2. The molecule has 0 saturated carbocycles. The van der Waals surface area contributed by atoms with Gasteiger partial charge in [-0.25, -0.2) is 9.97 Å². The van der Waals surface area contributed by atoms with Crippen LogP contribution in [0.4, 0.5) is 0 Å². The van der Waals surface area contributed by atoms with Gasteiger partial charge in [0.1, 0.15) is 8.07 Å². The maximum absolute atomic E-state index is 5.57. The van der Waals surface area contributed by atoms with Gasteiger partial charge in [0.2, 0.25) is 0 Å². The van der Waals surface area contributed by atoms with Gasteiger partial charge in [-0.1, -0.05) is 140 Å². The molecule has 11 rings (SSSR count). The number of hydrogen-bond donors (Lipinski definition) is 0. The predicted molar refractivity (Wildman–Crippen MR) is 228 cm³/mol. The molecule has 53 heavy (non-hydrogen) atoms. The van der Waals surface area contributed by atoms with E-state index in [0.717, 1.165) is 39.6 Å². The van der Waals surface area contributed by atoms with Gasteiger partial charge in [0.05, 0.1) is 22.4 Å². The zero-order valence-corrected chi connectivity index (χ0v) is 31.2. The first kappa shape index (κ1) is 30.5. The number of fused-ring (bicyclic) bond motifs is 9. The van der Waals surface area contributed by atoms with Crippen LogP contribution in [0.1, 0.15) is 0 Å². The molecule has 0 N–H and O–H groups in total. The van der Waals surface area contributed by atoms with Gasteiger partial charge in [-0.05, 0) is 63.5 Å². The van der Waals surface area contributed by atoms with Crippen LogP contribution >= 0.6 is 11.3 Å². The van der Waals surface area contributed by atoms with Crippen LogP contribution in [0.25, 0.3) is 92.7 Å². The normalized spacial score (nSPS) is 13.2. The molecule has 4 heterocycles. The van der Waals surface area contributed by atoms with Crippen molar-refractivity contribution in [3.63, 3.8) is 0 Å². The third-order valence-electron chi connectivity index (χ3n) is 11.2. The van der Waals surface area contributed by atoms with Crippen molar-refractivity contribution in [1.82, 2.24) is 14.5 Å². The van der Waals surface area contributed by atoms with Crippen LogP contribution in [0, 0.1) is 0 Å². The van der Waals surface area contributed by atoms with Gasteiger partial charge in [0.15, 0.2) is 5.82 Å². The quantitative estimate of drug-likeness (QED) is 0.170. The fraction of sp³-hybridized carbons (Fsp3) is 0.0417. The number of aromatic nitrogens is 3. The van der Waals surface area contributed by atoms with E-state index in [4.69, 9.17) is 9.97 Å². The van der Waals surface area contributed by atoms with E-state index in [0.29, 0.717) is 0 Å². The Morgan fingerprint density at radius 2 is 1.06 bits per heavy atom. The number of para-hydroxylation sites is 2. The molecule has 250 valence electrons. The number of nitrogens with zero attached hydrogens (tertiary/aromatic N) is 3. The molecule has 0 amide bonds. The minimum atomic E-state index is -2.12. The largest absolute Gasteiger partial charge is 0.309 e. The van der Waals surface area contributed by atoms with E-state index in [-0.39, 0.29) is 0 Å². The molecule has 7 aromatic carbocycles. The van der Waals surface area contributed by atoms with E-state index in [2.05, 4.69) is 181 Å². The SMILES string of the molecule is C[Si]1(C)c2ccccc2-c2nc(-c3cccc(-c4cccc(-n5c6ccccc6c6ccccc65)c4)c3)nc(-c3cccc4c3sc3ccccc34)c21. The van der Waals surface area contributed by atoms with E-state index < -0.39 is 8.07 Å². The number of benzene rings is 7. The van der Waals surface area contributed by atoms with E-state index in [1.54, 1.807) is 0 Å². The van der Waals surface area contributed by atoms with Crippen LogP contribution in [0.5, 0.6) is 0 Å². The predicted octanol–water partition coefficient (Wildman–Crippen LogP) is 11.7. The molecule has 0 fully saturated rings. The summed E-state index contributed by atoms with van der Waals surface area (Å²) in [6.07, 6.45) is 0. The Morgan fingerprint density at radius 1 is 0.491 bits per heavy atom. The topological polar surface area (TPSA) is 30.7 Å². The van der Waals surface area contributed by atoms with Gasteiger partial charge in [-0.2, -0.15) is 0 Å². The third kappa shape index (κ3) is 4.51. The highest BCUT2D eigenvalue weighted by Gasteiger charge is 2.42. The average Bonchev–Trinajstić information content (AvgIpc) is 3.84. The molecule has 0 atom stereocenters. The smallest absolute Gasteiger partial charge is 0.160 e. The Balaban J connectivity index is 1.10. The van der Waals surface area contributed by atoms with Crippen molar-refractivity contribution in [3.05, 3.63) is 164 Å². The number of rotatable bonds is 4. The van der Waals surface area contributed by atoms with Crippen molar-refractivity contribution in [3.8, 4) is 50.7 Å². The number of hydrogen-bond acceptors (Lipinski definition) is 3. The fourth-order valence-corrected chi connectivity index (χ4v) is 13.2. The molecule has 0 radical (unpaired) electrons. The van der Waals surface area contributed by atoms with Gasteiger partial charge in [0, 0.05) is 47.8 Å². The molecule has 0 spiro atoms. The molecule has 3 nitrogen and oxygen atoms in total. The first-order valence-corrected chi connectivity index (χ1v) is 22.0. The first-order chi connectivity index (χ1) is 26.0. The molecular weight excluding hydrogens is 679 g/mol. The zero-order chi connectivity index (χ0) is 35.3. The zero-order valence-electron chi connectivity index (χ0n) is 29.3. The molecule has 10 aromatic rings. The maximum Gasteiger partial charge on any atom is 0.160 e. The van der Waals surface area contributed by atoms with Crippen LogP contribution in [-0.2, 0) is 0 Å². The summed E-state index contributed by atoms with van der Waals surface area (Å²) < 4.78 is 4.97. The Hall–Kier alpha value is -6.14. The van der Waals surface area contributed by atoms with Crippen molar-refractivity contribution in [1.29, 1.82) is 0 Å². The summed E-state index contributed by atoms with van der Waals surface area (Å²) in [7, 11) is -2.12. The van der Waals surface area contributed by atoms with Gasteiger partial charge in [0.25, 0.3) is 0 Å². The summed E-state index contributed by atoms with van der Waals surface area (Å²) in [6, 6.07) is 59.4. The lowest BCUT2D eigenvalue weighted by molar-refractivity contribution is 1.18. The minimum Gasteiger partial charge on any atom is -0.309 e. The van der Waals surface area contributed by atoms with E-state index in [1.807, 2.05) is 11.3 Å². The molecule has 0 unspecified atom stereocenters. The maximum atomic E-state index is 5.57. The molecule has 1 aliphatic rings. The van der Waals surface area contributed by atoms with Gasteiger partial charge < -0.3 is 4.57 Å². The van der Waals surface area contributed by atoms with E-state index >= 15 is 0 Å². The summed E-state index contributed by atoms with van der Waals surface area (Å²) in [5.74, 6) is 0.763. The van der Waals surface area contributed by atoms with Crippen LogP contribution in [-0.4, -0.2) is 22.6 Å². The third-order valence-corrected chi connectivity index (χ3v) is 15.9. The second kappa shape index (κ2) is 11.4. The molecule has 3 aromatic heterocycles. The standard InChI is InChI=1S/C48H33N3SSi/c1-53(2)43-27-10-6-21-38(43)44-47(53)45(39-23-13-22-37-36-20-5-9-26-42(36)52-46(37)39)50-48(49-44)32-16-11-14-30(28-32)31-15-12-17-33(29-31)51-40-24-7-3-18-34(40)35-19-4-8-25-41(35)51/h3-29H,1-2H3. The highest BCUT2D eigenvalue weighted by Crippen LogP contribution is 2.42. The lowest BCUT2D eigenvalue weighted by atomic mass is 10.0. The molecular formula is C48H33N3SSi. The minimum absolute atomic E-state index is 0.763. The average molecular weight is 712 g/mol. The number of thiophene rings is 1. The fourth-order valence-electron chi connectivity index (χ4n) is 8.74. The Bertz CT molecular complexity index is 3060. The van der Waals surface area contributed by atoms with E-state index in [1.165, 1.54) is 63.5 Å². The van der Waals surface area contributed by atoms with Crippen LogP contribution < -0.4 is 10.4 Å². The van der Waals surface area contributed by atoms with Crippen molar-refractivity contribution in [2.24, 2.45) is 0 Å². The lowest BCUT2D eigenvalue weighted by Gasteiger charge is -2.22. The van der Waals surface area contributed by atoms with Crippen molar-refractivity contribution < 1.29 is 0 Å². The molecule has 0 saturated heterocycles. The lowest BCUT2D eigenvalue weighted by Crippen LogP contribution is -2.50. The monoisotopic (exact) mass is 711 g/mol. The highest BCUT2D eigenvalue weighted by atomic mass is 32.1. The molecule has 5 heteroatoms. The van der Waals surface area contributed by atoms with Crippen molar-refractivity contribution in [2.75, 3.05) is 0 Å². The van der Waals surface area contributed by atoms with Gasteiger partial charge >= 0.3 is 0 Å².